The normalized spacial score (nSPS) is 21.3. The molecule has 0 saturated heterocycles. The minimum atomic E-state index is 0.690. The topological polar surface area (TPSA) is 17.0 Å². The Kier molecular flexibility index (Phi) is 3.23. The van der Waals surface area contributed by atoms with Crippen molar-refractivity contribution in [3.8, 4) is 0 Å². The van der Waals surface area contributed by atoms with Gasteiger partial charge in [-0.05, 0) is 70.0 Å². The smallest absolute Gasteiger partial charge is 0.0337 e. The van der Waals surface area contributed by atoms with E-state index in [9.17, 15) is 0 Å². The summed E-state index contributed by atoms with van der Waals surface area (Å²) in [6.45, 7) is 8.14. The molecule has 0 aromatic carbocycles. The molecular weight excluding hydrogens is 220 g/mol. The van der Waals surface area contributed by atoms with Crippen LogP contribution in [0.25, 0.3) is 0 Å². The van der Waals surface area contributed by atoms with E-state index in [-0.39, 0.29) is 0 Å². The summed E-state index contributed by atoms with van der Waals surface area (Å²) >= 11 is 0. The maximum absolute atomic E-state index is 3.63. The van der Waals surface area contributed by atoms with Crippen molar-refractivity contribution >= 4 is 0 Å². The zero-order valence-corrected chi connectivity index (χ0v) is 12.0. The maximum Gasteiger partial charge on any atom is 0.0337 e. The molecule has 1 heterocycles. The van der Waals surface area contributed by atoms with Gasteiger partial charge in [-0.3, -0.25) is 0 Å². The highest BCUT2D eigenvalue weighted by atomic mass is 15.1. The quantitative estimate of drug-likeness (QED) is 0.810. The third kappa shape index (κ3) is 2.49. The summed E-state index contributed by atoms with van der Waals surface area (Å²) in [7, 11) is 0. The summed E-state index contributed by atoms with van der Waals surface area (Å²) in [6, 6.07) is 4.08. The molecule has 2 aliphatic carbocycles. The highest BCUT2D eigenvalue weighted by Crippen LogP contribution is 2.39. The van der Waals surface area contributed by atoms with E-state index in [1.807, 2.05) is 0 Å². The van der Waals surface area contributed by atoms with Crippen molar-refractivity contribution in [2.24, 2.45) is 0 Å². The highest BCUT2D eigenvalue weighted by Gasteiger charge is 2.28. The molecule has 1 aromatic rings. The Morgan fingerprint density at radius 1 is 1.28 bits per heavy atom. The number of rotatable bonds is 6. The highest BCUT2D eigenvalue weighted by molar-refractivity contribution is 5.31. The number of nitrogens with one attached hydrogen (secondary N) is 1. The third-order valence-corrected chi connectivity index (χ3v) is 4.55. The van der Waals surface area contributed by atoms with Crippen LogP contribution in [0, 0.1) is 13.8 Å². The largest absolute Gasteiger partial charge is 0.346 e. The van der Waals surface area contributed by atoms with Gasteiger partial charge in [-0.15, -0.1) is 0 Å². The molecule has 100 valence electrons. The lowest BCUT2D eigenvalue weighted by Gasteiger charge is -2.13. The second kappa shape index (κ2) is 4.73. The molecule has 2 heteroatoms. The van der Waals surface area contributed by atoms with Gasteiger partial charge in [0, 0.05) is 23.5 Å². The van der Waals surface area contributed by atoms with Crippen LogP contribution in [-0.4, -0.2) is 17.2 Å². The lowest BCUT2D eigenvalue weighted by molar-refractivity contribution is 0.587. The summed E-state index contributed by atoms with van der Waals surface area (Å²) in [5.41, 5.74) is 4.57. The van der Waals surface area contributed by atoms with Crippen LogP contribution in [0.5, 0.6) is 0 Å². The lowest BCUT2D eigenvalue weighted by atomic mass is 9.98. The van der Waals surface area contributed by atoms with Crippen LogP contribution >= 0.6 is 0 Å². The van der Waals surface area contributed by atoms with Gasteiger partial charge >= 0.3 is 0 Å². The molecule has 0 spiro atoms. The molecule has 0 aliphatic heterocycles. The van der Waals surface area contributed by atoms with E-state index >= 15 is 0 Å². The molecule has 1 unspecified atom stereocenters. The minimum absolute atomic E-state index is 0.690. The Labute approximate surface area is 111 Å². The molecule has 0 radical (unpaired) electrons. The number of aromatic nitrogens is 1. The summed E-state index contributed by atoms with van der Waals surface area (Å²) in [4.78, 5) is 0. The lowest BCUT2D eigenvalue weighted by Crippen LogP contribution is -2.19. The maximum atomic E-state index is 3.63. The van der Waals surface area contributed by atoms with Crippen molar-refractivity contribution in [1.29, 1.82) is 0 Å². The molecule has 2 nitrogen and oxygen atoms in total. The van der Waals surface area contributed by atoms with Gasteiger partial charge in [0.2, 0.25) is 0 Å². The molecule has 18 heavy (non-hydrogen) atoms. The second-order valence-corrected chi connectivity index (χ2v) is 6.35. The van der Waals surface area contributed by atoms with E-state index in [0.29, 0.717) is 5.92 Å². The molecule has 0 bridgehead atoms. The number of hydrogen-bond donors (Lipinski definition) is 1. The van der Waals surface area contributed by atoms with E-state index in [2.05, 4.69) is 36.7 Å². The first-order valence-electron chi connectivity index (χ1n) is 7.58. The SMILES string of the molecule is Cc1cc(C(C)CCNC2CC2)c(C)n1C1CC1. The van der Waals surface area contributed by atoms with Gasteiger partial charge in [0.05, 0.1) is 0 Å². The van der Waals surface area contributed by atoms with Gasteiger partial charge in [0.25, 0.3) is 0 Å². The second-order valence-electron chi connectivity index (χ2n) is 6.35. The zero-order valence-electron chi connectivity index (χ0n) is 12.0. The van der Waals surface area contributed by atoms with Crippen LogP contribution in [0.1, 0.15) is 67.9 Å². The van der Waals surface area contributed by atoms with Crippen molar-refractivity contribution in [2.75, 3.05) is 6.54 Å². The predicted octanol–water partition coefficient (Wildman–Crippen LogP) is 3.69. The van der Waals surface area contributed by atoms with Crippen LogP contribution in [0.4, 0.5) is 0 Å². The average Bonchev–Trinajstić information content (AvgIpc) is 3.20. The number of hydrogen-bond acceptors (Lipinski definition) is 1. The first kappa shape index (κ1) is 12.3. The van der Waals surface area contributed by atoms with Crippen LogP contribution in [0.15, 0.2) is 6.07 Å². The Balaban J connectivity index is 1.64. The monoisotopic (exact) mass is 246 g/mol. The molecule has 1 N–H and O–H groups in total. The van der Waals surface area contributed by atoms with Crippen LogP contribution in [0.2, 0.25) is 0 Å². The molecule has 1 aromatic heterocycles. The van der Waals surface area contributed by atoms with E-state index in [1.165, 1.54) is 50.0 Å². The first-order chi connectivity index (χ1) is 8.66. The van der Waals surface area contributed by atoms with Gasteiger partial charge in [-0.25, -0.2) is 0 Å². The Bertz CT molecular complexity index is 425. The first-order valence-corrected chi connectivity index (χ1v) is 7.58. The summed E-state index contributed by atoms with van der Waals surface area (Å²) in [5.74, 6) is 0.690. The van der Waals surface area contributed by atoms with E-state index in [1.54, 1.807) is 5.56 Å². The molecule has 2 saturated carbocycles. The number of nitrogens with zero attached hydrogens (tertiary/aromatic N) is 1. The summed E-state index contributed by atoms with van der Waals surface area (Å²) in [5, 5.41) is 3.63. The summed E-state index contributed by atoms with van der Waals surface area (Å²) in [6.07, 6.45) is 6.82. The van der Waals surface area contributed by atoms with Gasteiger partial charge < -0.3 is 9.88 Å². The average molecular weight is 246 g/mol. The fourth-order valence-corrected chi connectivity index (χ4v) is 3.14. The number of aryl methyl sites for hydroxylation is 1. The van der Waals surface area contributed by atoms with Gasteiger partial charge in [0.1, 0.15) is 0 Å². The van der Waals surface area contributed by atoms with E-state index < -0.39 is 0 Å². The Morgan fingerprint density at radius 3 is 2.61 bits per heavy atom. The van der Waals surface area contributed by atoms with Crippen molar-refractivity contribution in [3.63, 3.8) is 0 Å². The van der Waals surface area contributed by atoms with Crippen molar-refractivity contribution < 1.29 is 0 Å². The molecule has 1 atom stereocenters. The molecule has 2 fully saturated rings. The molecular formula is C16H26N2. The van der Waals surface area contributed by atoms with Gasteiger partial charge in [-0.1, -0.05) is 6.92 Å². The Hall–Kier alpha value is -0.760. The van der Waals surface area contributed by atoms with E-state index in [0.717, 1.165) is 12.1 Å². The van der Waals surface area contributed by atoms with Gasteiger partial charge in [-0.2, -0.15) is 0 Å². The zero-order chi connectivity index (χ0) is 12.7. The van der Waals surface area contributed by atoms with Crippen molar-refractivity contribution in [1.82, 2.24) is 9.88 Å². The van der Waals surface area contributed by atoms with Crippen molar-refractivity contribution in [3.05, 3.63) is 23.0 Å². The standard InChI is InChI=1S/C16H26N2/c1-11(8-9-17-14-4-5-14)16-10-12(2)18(13(16)3)15-6-7-15/h10-11,14-15,17H,4-9H2,1-3H3. The third-order valence-electron chi connectivity index (χ3n) is 4.55. The fraction of sp³-hybridized carbons (Fsp3) is 0.750. The van der Waals surface area contributed by atoms with Crippen LogP contribution < -0.4 is 5.32 Å². The van der Waals surface area contributed by atoms with E-state index in [4.69, 9.17) is 0 Å². The van der Waals surface area contributed by atoms with Crippen LogP contribution in [0.3, 0.4) is 0 Å². The minimum Gasteiger partial charge on any atom is -0.346 e. The fourth-order valence-electron chi connectivity index (χ4n) is 3.14. The summed E-state index contributed by atoms with van der Waals surface area (Å²) < 4.78 is 2.57. The molecule has 2 aliphatic rings. The predicted molar refractivity (Wildman–Crippen MR) is 76.2 cm³/mol. The van der Waals surface area contributed by atoms with Gasteiger partial charge in [0.15, 0.2) is 0 Å². The van der Waals surface area contributed by atoms with Crippen molar-refractivity contribution in [2.45, 2.75) is 70.9 Å². The molecule has 3 rings (SSSR count). The Morgan fingerprint density at radius 2 is 2.00 bits per heavy atom. The van der Waals surface area contributed by atoms with Crippen LogP contribution in [-0.2, 0) is 0 Å². The molecule has 0 amide bonds.